The van der Waals surface area contributed by atoms with Crippen LogP contribution in [0.5, 0.6) is 0 Å². The molecular weight excluding hydrogens is 272 g/mol. The Morgan fingerprint density at radius 1 is 1.00 bits per heavy atom. The van der Waals surface area contributed by atoms with Gasteiger partial charge in [0.05, 0.1) is 6.42 Å². The first-order chi connectivity index (χ1) is 10.4. The predicted molar refractivity (Wildman–Crippen MR) is 90.6 cm³/mol. The van der Waals surface area contributed by atoms with Crippen LogP contribution in [0, 0.1) is 13.8 Å². The van der Waals surface area contributed by atoms with Gasteiger partial charge in [0.1, 0.15) is 0 Å². The fraction of sp³-hybridized carbons (Fsp3) is 0.350. The molecule has 0 aliphatic heterocycles. The second kappa shape index (κ2) is 6.78. The van der Waals surface area contributed by atoms with Crippen LogP contribution >= 0.6 is 0 Å². The number of benzene rings is 2. The average Bonchev–Trinajstić information content (AvgIpc) is 2.43. The zero-order chi connectivity index (χ0) is 16.3. The Balaban J connectivity index is 2.24. The van der Waals surface area contributed by atoms with Crippen molar-refractivity contribution in [3.05, 3.63) is 69.8 Å². The van der Waals surface area contributed by atoms with Crippen molar-refractivity contribution in [2.45, 2.75) is 46.5 Å². The normalized spacial score (nSPS) is 11.0. The number of rotatable bonds is 5. The fourth-order valence-corrected chi connectivity index (χ4v) is 2.88. The lowest BCUT2D eigenvalue weighted by molar-refractivity contribution is -0.136. The predicted octanol–water partition coefficient (Wildman–Crippen LogP) is 4.64. The molecule has 22 heavy (non-hydrogen) atoms. The summed E-state index contributed by atoms with van der Waals surface area (Å²) >= 11 is 0. The van der Waals surface area contributed by atoms with Gasteiger partial charge in [0.25, 0.3) is 0 Å². The Morgan fingerprint density at radius 3 is 2.27 bits per heavy atom. The third kappa shape index (κ3) is 3.97. The van der Waals surface area contributed by atoms with Crippen LogP contribution in [0.1, 0.15) is 53.1 Å². The van der Waals surface area contributed by atoms with Gasteiger partial charge in [-0.25, -0.2) is 0 Å². The fourth-order valence-electron chi connectivity index (χ4n) is 2.88. The van der Waals surface area contributed by atoms with Gasteiger partial charge in [-0.15, -0.1) is 0 Å². The summed E-state index contributed by atoms with van der Waals surface area (Å²) in [6.45, 7) is 8.65. The van der Waals surface area contributed by atoms with Crippen LogP contribution in [-0.4, -0.2) is 11.1 Å². The summed E-state index contributed by atoms with van der Waals surface area (Å²) in [5.74, 6) is -0.258. The van der Waals surface area contributed by atoms with Gasteiger partial charge in [-0.05, 0) is 59.6 Å². The number of carboxylic acid groups (broad SMARTS) is 1. The molecule has 2 aromatic rings. The maximum atomic E-state index is 10.8. The third-order valence-corrected chi connectivity index (χ3v) is 4.12. The van der Waals surface area contributed by atoms with Gasteiger partial charge >= 0.3 is 5.97 Å². The molecule has 0 unspecified atom stereocenters. The highest BCUT2D eigenvalue weighted by Gasteiger charge is 2.08. The first kappa shape index (κ1) is 16.3. The largest absolute Gasteiger partial charge is 0.481 e. The zero-order valence-corrected chi connectivity index (χ0v) is 13.8. The van der Waals surface area contributed by atoms with E-state index in [9.17, 15) is 4.79 Å². The SMILES string of the molecule is Cc1cc(CC(=O)O)ccc1Cc1ccc(C)c(C(C)C)c1. The lowest BCUT2D eigenvalue weighted by Crippen LogP contribution is -2.02. The van der Waals surface area contributed by atoms with Crippen LogP contribution < -0.4 is 0 Å². The van der Waals surface area contributed by atoms with Crippen LogP contribution in [0.2, 0.25) is 0 Å². The molecule has 2 heteroatoms. The Morgan fingerprint density at radius 2 is 1.68 bits per heavy atom. The Hall–Kier alpha value is -2.09. The summed E-state index contributed by atoms with van der Waals surface area (Å²) in [4.78, 5) is 10.8. The highest BCUT2D eigenvalue weighted by Crippen LogP contribution is 2.23. The highest BCUT2D eigenvalue weighted by atomic mass is 16.4. The molecule has 0 amide bonds. The van der Waals surface area contributed by atoms with Crippen LogP contribution in [0.3, 0.4) is 0 Å². The molecule has 0 aliphatic carbocycles. The van der Waals surface area contributed by atoms with Crippen molar-refractivity contribution in [2.24, 2.45) is 0 Å². The van der Waals surface area contributed by atoms with Gasteiger partial charge in [0, 0.05) is 0 Å². The van der Waals surface area contributed by atoms with E-state index < -0.39 is 5.97 Å². The highest BCUT2D eigenvalue weighted by molar-refractivity contribution is 5.70. The molecule has 0 fully saturated rings. The second-order valence-corrected chi connectivity index (χ2v) is 6.35. The smallest absolute Gasteiger partial charge is 0.307 e. The minimum absolute atomic E-state index is 0.0865. The molecule has 0 saturated carbocycles. The number of hydrogen-bond acceptors (Lipinski definition) is 1. The lowest BCUT2D eigenvalue weighted by Gasteiger charge is -2.13. The first-order valence-electron chi connectivity index (χ1n) is 7.76. The van der Waals surface area contributed by atoms with Gasteiger partial charge in [-0.2, -0.15) is 0 Å². The van der Waals surface area contributed by atoms with E-state index in [0.29, 0.717) is 5.92 Å². The molecule has 2 aromatic carbocycles. The standard InChI is InChI=1S/C20H24O2/c1-13(2)19-11-17(6-5-14(19)3)10-18-8-7-16(9-15(18)4)12-20(21)22/h5-9,11,13H,10,12H2,1-4H3,(H,21,22). The minimum atomic E-state index is -0.785. The number of aliphatic carboxylic acids is 1. The van der Waals surface area contributed by atoms with Crippen molar-refractivity contribution in [3.63, 3.8) is 0 Å². The molecule has 0 heterocycles. The Labute approximate surface area is 132 Å². The summed E-state index contributed by atoms with van der Waals surface area (Å²) in [6, 6.07) is 12.6. The number of hydrogen-bond donors (Lipinski definition) is 1. The van der Waals surface area contributed by atoms with Crippen molar-refractivity contribution in [1.82, 2.24) is 0 Å². The molecular formula is C20H24O2. The van der Waals surface area contributed by atoms with Gasteiger partial charge < -0.3 is 5.11 Å². The van der Waals surface area contributed by atoms with Crippen molar-refractivity contribution >= 4 is 5.97 Å². The van der Waals surface area contributed by atoms with E-state index in [2.05, 4.69) is 52.0 Å². The second-order valence-electron chi connectivity index (χ2n) is 6.35. The molecule has 116 valence electrons. The Kier molecular flexibility index (Phi) is 5.02. The maximum absolute atomic E-state index is 10.8. The number of aryl methyl sites for hydroxylation is 2. The number of carboxylic acids is 1. The summed E-state index contributed by atoms with van der Waals surface area (Å²) in [7, 11) is 0. The van der Waals surface area contributed by atoms with E-state index in [1.54, 1.807) is 0 Å². The monoisotopic (exact) mass is 296 g/mol. The quantitative estimate of drug-likeness (QED) is 0.872. The minimum Gasteiger partial charge on any atom is -0.481 e. The van der Waals surface area contributed by atoms with Crippen LogP contribution in [0.25, 0.3) is 0 Å². The summed E-state index contributed by atoms with van der Waals surface area (Å²) in [6.07, 6.45) is 0.975. The molecule has 0 atom stereocenters. The molecule has 0 saturated heterocycles. The van der Waals surface area contributed by atoms with Gasteiger partial charge in [0.2, 0.25) is 0 Å². The topological polar surface area (TPSA) is 37.3 Å². The van der Waals surface area contributed by atoms with E-state index >= 15 is 0 Å². The van der Waals surface area contributed by atoms with Crippen molar-refractivity contribution in [2.75, 3.05) is 0 Å². The van der Waals surface area contributed by atoms with Gasteiger partial charge in [-0.3, -0.25) is 4.79 Å². The van der Waals surface area contributed by atoms with E-state index in [4.69, 9.17) is 5.11 Å². The Bertz CT molecular complexity index is 684. The molecule has 2 rings (SSSR count). The molecule has 0 aliphatic rings. The van der Waals surface area contributed by atoms with Crippen molar-refractivity contribution < 1.29 is 9.90 Å². The molecule has 1 N–H and O–H groups in total. The molecule has 2 nitrogen and oxygen atoms in total. The molecule has 0 radical (unpaired) electrons. The van der Waals surface area contributed by atoms with Crippen LogP contribution in [0.15, 0.2) is 36.4 Å². The van der Waals surface area contributed by atoms with E-state index in [1.165, 1.54) is 22.3 Å². The molecule has 0 aromatic heterocycles. The summed E-state index contributed by atoms with van der Waals surface area (Å²) in [5, 5.41) is 8.87. The zero-order valence-electron chi connectivity index (χ0n) is 13.8. The molecule has 0 spiro atoms. The summed E-state index contributed by atoms with van der Waals surface area (Å²) < 4.78 is 0. The maximum Gasteiger partial charge on any atom is 0.307 e. The first-order valence-corrected chi connectivity index (χ1v) is 7.76. The van der Waals surface area contributed by atoms with E-state index in [1.807, 2.05) is 12.1 Å². The average molecular weight is 296 g/mol. The van der Waals surface area contributed by atoms with E-state index in [0.717, 1.165) is 17.5 Å². The van der Waals surface area contributed by atoms with E-state index in [-0.39, 0.29) is 6.42 Å². The lowest BCUT2D eigenvalue weighted by atomic mass is 9.92. The molecule has 0 bridgehead atoms. The van der Waals surface area contributed by atoms with Crippen LogP contribution in [0.4, 0.5) is 0 Å². The van der Waals surface area contributed by atoms with Gasteiger partial charge in [-0.1, -0.05) is 50.2 Å². The van der Waals surface area contributed by atoms with Crippen molar-refractivity contribution in [3.8, 4) is 0 Å². The third-order valence-electron chi connectivity index (χ3n) is 4.12. The van der Waals surface area contributed by atoms with Gasteiger partial charge in [0.15, 0.2) is 0 Å². The summed E-state index contributed by atoms with van der Waals surface area (Å²) in [5.41, 5.74) is 7.33. The van der Waals surface area contributed by atoms with Crippen molar-refractivity contribution in [1.29, 1.82) is 0 Å². The number of carbonyl (C=O) groups is 1. The van der Waals surface area contributed by atoms with Crippen LogP contribution in [-0.2, 0) is 17.6 Å².